The van der Waals surface area contributed by atoms with Crippen LogP contribution in [0.3, 0.4) is 0 Å². The molecule has 3 heteroatoms. The lowest BCUT2D eigenvalue weighted by molar-refractivity contribution is 0.535. The van der Waals surface area contributed by atoms with Crippen LogP contribution in [-0.2, 0) is 6.42 Å². The fourth-order valence-electron chi connectivity index (χ4n) is 3.61. The molecule has 2 aromatic rings. The Morgan fingerprint density at radius 1 is 0.704 bits per heavy atom. The molecule has 0 saturated carbocycles. The summed E-state index contributed by atoms with van der Waals surface area (Å²) in [6.07, 6.45) is 24.6. The van der Waals surface area contributed by atoms with E-state index in [0.717, 1.165) is 12.2 Å². The van der Waals surface area contributed by atoms with Crippen LogP contribution >= 0.6 is 0 Å². The Hall–Kier alpha value is -1.64. The average Bonchev–Trinajstić information content (AvgIpc) is 3.18. The second-order valence-corrected chi connectivity index (χ2v) is 7.79. The van der Waals surface area contributed by atoms with Gasteiger partial charge in [-0.15, -0.1) is 0 Å². The van der Waals surface area contributed by atoms with Gasteiger partial charge in [0.25, 0.3) is 0 Å². The van der Waals surface area contributed by atoms with Crippen LogP contribution in [0.1, 0.15) is 103 Å². The molecule has 0 bridgehead atoms. The topological polar surface area (TPSA) is 30.7 Å². The van der Waals surface area contributed by atoms with Gasteiger partial charge in [0.15, 0.2) is 5.82 Å². The van der Waals surface area contributed by atoms with Crippen molar-refractivity contribution in [1.29, 1.82) is 0 Å². The highest BCUT2D eigenvalue weighted by Gasteiger charge is 2.02. The smallest absolute Gasteiger partial charge is 0.153 e. The molecule has 2 aromatic heterocycles. The summed E-state index contributed by atoms with van der Waals surface area (Å²) in [7, 11) is 0. The molecule has 2 rings (SSSR count). The van der Waals surface area contributed by atoms with E-state index < -0.39 is 0 Å². The van der Waals surface area contributed by atoms with Gasteiger partial charge in [0, 0.05) is 12.4 Å². The molecule has 0 aromatic carbocycles. The van der Waals surface area contributed by atoms with Crippen molar-refractivity contribution in [3.63, 3.8) is 0 Å². The number of nitrogens with zero attached hydrogens (tertiary/aromatic N) is 3. The summed E-state index contributed by atoms with van der Waals surface area (Å²) in [6.45, 7) is 2.29. The molecule has 3 nitrogen and oxygen atoms in total. The van der Waals surface area contributed by atoms with Crippen molar-refractivity contribution in [3.05, 3.63) is 42.4 Å². The summed E-state index contributed by atoms with van der Waals surface area (Å²) < 4.78 is 1.87. The van der Waals surface area contributed by atoms with E-state index in [2.05, 4.69) is 23.1 Å². The van der Waals surface area contributed by atoms with Crippen LogP contribution in [0.5, 0.6) is 0 Å². The molecule has 0 unspecified atom stereocenters. The number of aryl methyl sites for hydroxylation is 1. The van der Waals surface area contributed by atoms with Crippen LogP contribution in [0.4, 0.5) is 0 Å². The minimum atomic E-state index is 0.893. The lowest BCUT2D eigenvalue weighted by atomic mass is 10.0. The van der Waals surface area contributed by atoms with Gasteiger partial charge in [0.2, 0.25) is 0 Å². The predicted octanol–water partition coefficient (Wildman–Crippen LogP) is 7.29. The van der Waals surface area contributed by atoms with Crippen LogP contribution in [0, 0.1) is 0 Å². The molecule has 0 fully saturated rings. The Balaban J connectivity index is 1.39. The Bertz CT molecular complexity index is 576. The Morgan fingerprint density at radius 3 is 1.85 bits per heavy atom. The Labute approximate surface area is 166 Å². The first-order valence-corrected chi connectivity index (χ1v) is 11.4. The minimum Gasteiger partial charge on any atom is -0.237 e. The number of aromatic nitrogens is 3. The quantitative estimate of drug-likeness (QED) is 0.291. The maximum absolute atomic E-state index is 4.63. The first-order chi connectivity index (χ1) is 13.4. The summed E-state index contributed by atoms with van der Waals surface area (Å²) in [4.78, 5) is 4.34. The van der Waals surface area contributed by atoms with E-state index in [1.54, 1.807) is 0 Å². The predicted molar refractivity (Wildman–Crippen MR) is 115 cm³/mol. The zero-order valence-electron chi connectivity index (χ0n) is 17.4. The molecule has 0 N–H and O–H groups in total. The van der Waals surface area contributed by atoms with E-state index in [1.165, 1.54) is 95.6 Å². The molecule has 0 aliphatic heterocycles. The van der Waals surface area contributed by atoms with Crippen molar-refractivity contribution in [2.75, 3.05) is 0 Å². The van der Waals surface area contributed by atoms with E-state index in [1.807, 2.05) is 35.3 Å². The number of rotatable bonds is 16. The molecule has 2 heterocycles. The third-order valence-corrected chi connectivity index (χ3v) is 5.31. The van der Waals surface area contributed by atoms with Crippen LogP contribution < -0.4 is 0 Å². The third-order valence-electron chi connectivity index (χ3n) is 5.31. The van der Waals surface area contributed by atoms with Gasteiger partial charge in [-0.3, -0.25) is 0 Å². The maximum atomic E-state index is 4.63. The molecule has 0 atom stereocenters. The van der Waals surface area contributed by atoms with Gasteiger partial charge >= 0.3 is 0 Å². The van der Waals surface area contributed by atoms with Gasteiger partial charge in [-0.05, 0) is 31.0 Å². The van der Waals surface area contributed by atoms with Crippen molar-refractivity contribution < 1.29 is 0 Å². The molecular formula is C24H39N3. The lowest BCUT2D eigenvalue weighted by Crippen LogP contribution is -1.98. The standard InChI is InChI=1S/C24H39N3/c1-2-3-4-5-6-7-8-9-10-11-12-13-14-15-18-23-20-22-27(26-23)24-19-16-17-21-25-24/h16-17,19-22H,2-15,18H2,1H3. The van der Waals surface area contributed by atoms with E-state index in [4.69, 9.17) is 0 Å². The molecule has 0 aliphatic rings. The molecule has 150 valence electrons. The second-order valence-electron chi connectivity index (χ2n) is 7.79. The average molecular weight is 370 g/mol. The molecule has 27 heavy (non-hydrogen) atoms. The highest BCUT2D eigenvalue weighted by Crippen LogP contribution is 2.14. The summed E-state index contributed by atoms with van der Waals surface area (Å²) in [6, 6.07) is 8.04. The largest absolute Gasteiger partial charge is 0.237 e. The van der Waals surface area contributed by atoms with E-state index in [-0.39, 0.29) is 0 Å². The molecule has 0 radical (unpaired) electrons. The van der Waals surface area contributed by atoms with Crippen LogP contribution in [0.15, 0.2) is 36.7 Å². The molecule has 0 aliphatic carbocycles. The van der Waals surface area contributed by atoms with Crippen molar-refractivity contribution in [2.45, 2.75) is 103 Å². The summed E-state index contributed by atoms with van der Waals surface area (Å²) in [5.74, 6) is 0.893. The zero-order valence-corrected chi connectivity index (χ0v) is 17.4. The molecule has 0 spiro atoms. The van der Waals surface area contributed by atoms with Crippen molar-refractivity contribution >= 4 is 0 Å². The van der Waals surface area contributed by atoms with Crippen molar-refractivity contribution in [2.24, 2.45) is 0 Å². The summed E-state index contributed by atoms with van der Waals surface area (Å²) in [5, 5.41) is 4.63. The van der Waals surface area contributed by atoms with Gasteiger partial charge in [-0.25, -0.2) is 9.67 Å². The highest BCUT2D eigenvalue weighted by molar-refractivity contribution is 5.20. The number of hydrogen-bond donors (Lipinski definition) is 0. The Morgan fingerprint density at radius 2 is 1.30 bits per heavy atom. The van der Waals surface area contributed by atoms with Gasteiger partial charge in [-0.2, -0.15) is 5.10 Å². The number of pyridine rings is 1. The second kappa shape index (κ2) is 14.4. The number of unbranched alkanes of at least 4 members (excludes halogenated alkanes) is 13. The van der Waals surface area contributed by atoms with Gasteiger partial charge in [-0.1, -0.05) is 96.5 Å². The van der Waals surface area contributed by atoms with Crippen LogP contribution in [0.25, 0.3) is 5.82 Å². The summed E-state index contributed by atoms with van der Waals surface area (Å²) in [5.41, 5.74) is 1.18. The maximum Gasteiger partial charge on any atom is 0.153 e. The van der Waals surface area contributed by atoms with Crippen LogP contribution in [-0.4, -0.2) is 14.8 Å². The fraction of sp³-hybridized carbons (Fsp3) is 0.667. The third kappa shape index (κ3) is 9.74. The molecular weight excluding hydrogens is 330 g/mol. The summed E-state index contributed by atoms with van der Waals surface area (Å²) >= 11 is 0. The van der Waals surface area contributed by atoms with E-state index in [9.17, 15) is 0 Å². The van der Waals surface area contributed by atoms with Gasteiger partial charge in [0.05, 0.1) is 5.69 Å². The van der Waals surface area contributed by atoms with Gasteiger partial charge < -0.3 is 0 Å². The fourth-order valence-corrected chi connectivity index (χ4v) is 3.61. The highest BCUT2D eigenvalue weighted by atomic mass is 15.3. The number of hydrogen-bond acceptors (Lipinski definition) is 2. The van der Waals surface area contributed by atoms with Crippen molar-refractivity contribution in [1.82, 2.24) is 14.8 Å². The molecule has 0 saturated heterocycles. The normalized spacial score (nSPS) is 11.1. The van der Waals surface area contributed by atoms with Gasteiger partial charge in [0.1, 0.15) is 0 Å². The SMILES string of the molecule is CCCCCCCCCCCCCCCCc1ccn(-c2ccccn2)n1. The zero-order chi connectivity index (χ0) is 19.0. The monoisotopic (exact) mass is 369 g/mol. The minimum absolute atomic E-state index is 0.893. The van der Waals surface area contributed by atoms with E-state index in [0.29, 0.717) is 0 Å². The Kier molecular flexibility index (Phi) is 11.6. The molecule has 0 amide bonds. The van der Waals surface area contributed by atoms with Crippen molar-refractivity contribution in [3.8, 4) is 5.82 Å². The lowest BCUT2D eigenvalue weighted by Gasteiger charge is -2.03. The van der Waals surface area contributed by atoms with Crippen LogP contribution in [0.2, 0.25) is 0 Å². The van der Waals surface area contributed by atoms with E-state index >= 15 is 0 Å². The first-order valence-electron chi connectivity index (χ1n) is 11.4. The first kappa shape index (κ1) is 21.7.